The molecule has 0 fully saturated rings. The molecular formula is C25H22N4O2S. The second-order valence-corrected chi connectivity index (χ2v) is 8.55. The van der Waals surface area contributed by atoms with Gasteiger partial charge in [-0.25, -0.2) is 0 Å². The molecule has 6 nitrogen and oxygen atoms in total. The summed E-state index contributed by atoms with van der Waals surface area (Å²) in [7, 11) is 1.64. The molecule has 160 valence electrons. The van der Waals surface area contributed by atoms with Crippen LogP contribution in [0, 0.1) is 6.92 Å². The number of nitrogens with one attached hydrogen (secondary N) is 1. The number of aromatic nitrogens is 3. The van der Waals surface area contributed by atoms with Gasteiger partial charge in [-0.1, -0.05) is 42.1 Å². The van der Waals surface area contributed by atoms with E-state index < -0.39 is 0 Å². The molecule has 1 aromatic heterocycles. The standard InChI is InChI=1S/C25H22N4O2S/c1-16-27-28-25(29(16)20-8-10-21(31-2)11-9-20)32-15-24(30)26-19-7-12-23-18(14-19)13-17-5-3-4-6-22(17)23/h3-12,14H,13,15H2,1-2H3,(H,26,30). The minimum atomic E-state index is -0.0765. The zero-order chi connectivity index (χ0) is 22.1. The van der Waals surface area contributed by atoms with Gasteiger partial charge in [-0.15, -0.1) is 10.2 Å². The summed E-state index contributed by atoms with van der Waals surface area (Å²) in [5.74, 6) is 1.71. The SMILES string of the molecule is COc1ccc(-n2c(C)nnc2SCC(=O)Nc2ccc3c(c2)Cc2ccccc2-3)cc1. The van der Waals surface area contributed by atoms with Crippen LogP contribution in [0.5, 0.6) is 5.75 Å². The van der Waals surface area contributed by atoms with Crippen molar-refractivity contribution in [1.82, 2.24) is 14.8 Å². The molecule has 1 aliphatic rings. The molecule has 7 heteroatoms. The number of aryl methyl sites for hydroxylation is 1. The third kappa shape index (κ3) is 3.87. The average Bonchev–Trinajstić information content (AvgIpc) is 3.37. The van der Waals surface area contributed by atoms with Crippen molar-refractivity contribution >= 4 is 23.4 Å². The van der Waals surface area contributed by atoms with Crippen molar-refractivity contribution < 1.29 is 9.53 Å². The van der Waals surface area contributed by atoms with E-state index in [1.165, 1.54) is 34.0 Å². The van der Waals surface area contributed by atoms with Crippen molar-refractivity contribution in [2.45, 2.75) is 18.5 Å². The second kappa shape index (κ2) is 8.51. The van der Waals surface area contributed by atoms with Crippen LogP contribution in [0.3, 0.4) is 0 Å². The summed E-state index contributed by atoms with van der Waals surface area (Å²) in [6, 6.07) is 22.2. The fourth-order valence-corrected chi connectivity index (χ4v) is 4.81. The highest BCUT2D eigenvalue weighted by Crippen LogP contribution is 2.37. The van der Waals surface area contributed by atoms with Gasteiger partial charge in [-0.2, -0.15) is 0 Å². The van der Waals surface area contributed by atoms with Gasteiger partial charge in [0.1, 0.15) is 11.6 Å². The first-order chi connectivity index (χ1) is 15.6. The normalized spacial score (nSPS) is 11.7. The number of anilines is 1. The van der Waals surface area contributed by atoms with E-state index >= 15 is 0 Å². The van der Waals surface area contributed by atoms with Crippen molar-refractivity contribution in [3.05, 3.63) is 83.7 Å². The average molecular weight is 443 g/mol. The van der Waals surface area contributed by atoms with Gasteiger partial charge in [0.15, 0.2) is 5.16 Å². The van der Waals surface area contributed by atoms with Gasteiger partial charge in [0.25, 0.3) is 0 Å². The molecular weight excluding hydrogens is 420 g/mol. The Morgan fingerprint density at radius 1 is 1.03 bits per heavy atom. The molecule has 0 aliphatic heterocycles. The molecule has 0 spiro atoms. The first-order valence-corrected chi connectivity index (χ1v) is 11.3. The van der Waals surface area contributed by atoms with Crippen LogP contribution in [0.25, 0.3) is 16.8 Å². The molecule has 1 N–H and O–H groups in total. The number of ether oxygens (including phenoxy) is 1. The van der Waals surface area contributed by atoms with Gasteiger partial charge in [-0.05, 0) is 72.0 Å². The highest BCUT2D eigenvalue weighted by atomic mass is 32.2. The van der Waals surface area contributed by atoms with E-state index in [0.29, 0.717) is 5.16 Å². The summed E-state index contributed by atoms with van der Waals surface area (Å²) in [4.78, 5) is 12.6. The predicted octanol–water partition coefficient (Wildman–Crippen LogP) is 4.89. The summed E-state index contributed by atoms with van der Waals surface area (Å²) in [6.45, 7) is 1.89. The summed E-state index contributed by atoms with van der Waals surface area (Å²) < 4.78 is 7.16. The lowest BCUT2D eigenvalue weighted by atomic mass is 10.1. The Hall–Kier alpha value is -3.58. The van der Waals surface area contributed by atoms with Crippen molar-refractivity contribution in [1.29, 1.82) is 0 Å². The number of amides is 1. The number of rotatable bonds is 6. The van der Waals surface area contributed by atoms with Crippen LogP contribution < -0.4 is 10.1 Å². The Kier molecular flexibility index (Phi) is 5.41. The van der Waals surface area contributed by atoms with Crippen molar-refractivity contribution in [2.75, 3.05) is 18.2 Å². The lowest BCUT2D eigenvalue weighted by Gasteiger charge is -2.10. The molecule has 0 saturated heterocycles. The van der Waals surface area contributed by atoms with Gasteiger partial charge in [-0.3, -0.25) is 9.36 Å². The fourth-order valence-electron chi connectivity index (χ4n) is 4.02. The molecule has 0 radical (unpaired) electrons. The zero-order valence-electron chi connectivity index (χ0n) is 17.8. The van der Waals surface area contributed by atoms with Crippen LogP contribution in [0.15, 0.2) is 71.9 Å². The summed E-state index contributed by atoms with van der Waals surface area (Å²) in [5, 5.41) is 12.1. The molecule has 4 aromatic rings. The molecule has 0 bridgehead atoms. The minimum Gasteiger partial charge on any atom is -0.497 e. The maximum atomic E-state index is 12.6. The van der Waals surface area contributed by atoms with Gasteiger partial charge < -0.3 is 10.1 Å². The van der Waals surface area contributed by atoms with E-state index in [4.69, 9.17) is 4.74 Å². The Labute approximate surface area is 190 Å². The van der Waals surface area contributed by atoms with E-state index in [-0.39, 0.29) is 11.7 Å². The lowest BCUT2D eigenvalue weighted by Crippen LogP contribution is -2.14. The van der Waals surface area contributed by atoms with E-state index in [1.807, 2.05) is 41.8 Å². The lowest BCUT2D eigenvalue weighted by molar-refractivity contribution is -0.113. The van der Waals surface area contributed by atoms with Gasteiger partial charge in [0.05, 0.1) is 12.9 Å². The van der Waals surface area contributed by atoms with Crippen LogP contribution in [0.2, 0.25) is 0 Å². The van der Waals surface area contributed by atoms with Crippen LogP contribution in [0.1, 0.15) is 17.0 Å². The van der Waals surface area contributed by atoms with E-state index in [0.717, 1.165) is 29.4 Å². The van der Waals surface area contributed by atoms with Gasteiger partial charge >= 0.3 is 0 Å². The molecule has 0 atom stereocenters. The Morgan fingerprint density at radius 3 is 2.62 bits per heavy atom. The number of fused-ring (bicyclic) bond motifs is 3. The highest BCUT2D eigenvalue weighted by molar-refractivity contribution is 7.99. The summed E-state index contributed by atoms with van der Waals surface area (Å²) >= 11 is 1.36. The first kappa shape index (κ1) is 20.3. The highest BCUT2D eigenvalue weighted by Gasteiger charge is 2.19. The van der Waals surface area contributed by atoms with Crippen molar-refractivity contribution in [2.24, 2.45) is 0 Å². The summed E-state index contributed by atoms with van der Waals surface area (Å²) in [6.07, 6.45) is 0.897. The largest absolute Gasteiger partial charge is 0.497 e. The van der Waals surface area contributed by atoms with E-state index in [1.54, 1.807) is 7.11 Å². The summed E-state index contributed by atoms with van der Waals surface area (Å²) in [5.41, 5.74) is 6.84. The van der Waals surface area contributed by atoms with Crippen LogP contribution in [-0.2, 0) is 11.2 Å². The van der Waals surface area contributed by atoms with Gasteiger partial charge in [0, 0.05) is 11.4 Å². The predicted molar refractivity (Wildman–Crippen MR) is 127 cm³/mol. The topological polar surface area (TPSA) is 69.0 Å². The molecule has 0 saturated carbocycles. The van der Waals surface area contributed by atoms with E-state index in [2.05, 4.69) is 51.9 Å². The Balaban J connectivity index is 1.26. The number of hydrogen-bond acceptors (Lipinski definition) is 5. The molecule has 1 amide bonds. The number of nitrogens with zero attached hydrogens (tertiary/aromatic N) is 3. The molecule has 3 aromatic carbocycles. The number of thioether (sulfide) groups is 1. The Bertz CT molecular complexity index is 1300. The van der Waals surface area contributed by atoms with Crippen LogP contribution in [-0.4, -0.2) is 33.5 Å². The second-order valence-electron chi connectivity index (χ2n) is 7.61. The molecule has 0 unspecified atom stereocenters. The van der Waals surface area contributed by atoms with E-state index in [9.17, 15) is 4.79 Å². The third-order valence-corrected chi connectivity index (χ3v) is 6.46. The molecule has 32 heavy (non-hydrogen) atoms. The first-order valence-electron chi connectivity index (χ1n) is 10.3. The zero-order valence-corrected chi connectivity index (χ0v) is 18.6. The maximum absolute atomic E-state index is 12.6. The quantitative estimate of drug-likeness (QED) is 0.379. The third-order valence-electron chi connectivity index (χ3n) is 5.54. The van der Waals surface area contributed by atoms with Crippen LogP contribution in [0.4, 0.5) is 5.69 Å². The molecule has 1 heterocycles. The molecule has 5 rings (SSSR count). The number of benzene rings is 3. The molecule has 1 aliphatic carbocycles. The Morgan fingerprint density at radius 2 is 1.81 bits per heavy atom. The fraction of sp³-hybridized carbons (Fsp3) is 0.160. The van der Waals surface area contributed by atoms with Crippen molar-refractivity contribution in [3.63, 3.8) is 0 Å². The number of hydrogen-bond donors (Lipinski definition) is 1. The van der Waals surface area contributed by atoms with Crippen LogP contribution >= 0.6 is 11.8 Å². The smallest absolute Gasteiger partial charge is 0.234 e. The minimum absolute atomic E-state index is 0.0765. The number of carbonyl (C=O) groups excluding carboxylic acids is 1. The number of methoxy groups -OCH3 is 1. The maximum Gasteiger partial charge on any atom is 0.234 e. The van der Waals surface area contributed by atoms with Gasteiger partial charge in [0.2, 0.25) is 5.91 Å². The monoisotopic (exact) mass is 442 g/mol. The number of carbonyl (C=O) groups is 1. The van der Waals surface area contributed by atoms with Crippen molar-refractivity contribution in [3.8, 4) is 22.6 Å².